The first-order valence-corrected chi connectivity index (χ1v) is 10.5. The second-order valence-corrected chi connectivity index (χ2v) is 8.36. The van der Waals surface area contributed by atoms with Crippen molar-refractivity contribution < 1.29 is 17.9 Å². The number of ether oxygens (including phenoxy) is 1. The summed E-state index contributed by atoms with van der Waals surface area (Å²) >= 11 is 0. The first kappa shape index (κ1) is 19.2. The van der Waals surface area contributed by atoms with Crippen molar-refractivity contribution in [3.63, 3.8) is 0 Å². The number of amides is 1. The normalized spacial score (nSPS) is 15.4. The van der Waals surface area contributed by atoms with Crippen LogP contribution in [0.1, 0.15) is 10.4 Å². The number of anilines is 2. The molecular formula is C19H23N3O4S. The Hall–Kier alpha value is -2.58. The lowest BCUT2D eigenvalue weighted by molar-refractivity contribution is 0.102. The molecule has 2 aromatic carbocycles. The van der Waals surface area contributed by atoms with Gasteiger partial charge in [-0.1, -0.05) is 0 Å². The maximum absolute atomic E-state index is 12.3. The number of benzene rings is 2. The number of carbonyl (C=O) groups excluding carboxylic acids is 1. The standard InChI is InChI=1S/C19H23N3O4S/c1-26-18-9-3-15(4-10-18)19(23)20-16-5-7-17(8-6-16)21-11-13-22(14-12-21)27(2,24)25/h3-10H,11-14H2,1-2H3,(H,20,23). The zero-order chi connectivity index (χ0) is 19.4. The van der Waals surface area contributed by atoms with Gasteiger partial charge in [-0.3, -0.25) is 4.79 Å². The molecule has 1 fully saturated rings. The second-order valence-electron chi connectivity index (χ2n) is 6.38. The average Bonchev–Trinajstić information content (AvgIpc) is 2.68. The summed E-state index contributed by atoms with van der Waals surface area (Å²) in [5.41, 5.74) is 2.26. The van der Waals surface area contributed by atoms with E-state index >= 15 is 0 Å². The van der Waals surface area contributed by atoms with Crippen LogP contribution in [-0.4, -0.2) is 58.2 Å². The average molecular weight is 389 g/mol. The summed E-state index contributed by atoms with van der Waals surface area (Å²) in [5, 5.41) is 2.87. The Labute approximate surface area is 159 Å². The van der Waals surface area contributed by atoms with Gasteiger partial charge in [-0.05, 0) is 48.5 Å². The number of hydrogen-bond acceptors (Lipinski definition) is 5. The van der Waals surface area contributed by atoms with Crippen LogP contribution in [0, 0.1) is 0 Å². The lowest BCUT2D eigenvalue weighted by atomic mass is 10.2. The third-order valence-electron chi connectivity index (χ3n) is 4.55. The Morgan fingerprint density at radius 2 is 1.56 bits per heavy atom. The fourth-order valence-corrected chi connectivity index (χ4v) is 3.81. The SMILES string of the molecule is COc1ccc(C(=O)Nc2ccc(N3CCN(S(C)(=O)=O)CC3)cc2)cc1. The van der Waals surface area contributed by atoms with E-state index in [1.165, 1.54) is 10.6 Å². The van der Waals surface area contributed by atoms with Crippen LogP contribution in [0.3, 0.4) is 0 Å². The second kappa shape index (κ2) is 7.98. The number of rotatable bonds is 5. The van der Waals surface area contributed by atoms with E-state index < -0.39 is 10.0 Å². The summed E-state index contributed by atoms with van der Waals surface area (Å²) in [6.07, 6.45) is 1.24. The molecule has 0 aliphatic carbocycles. The van der Waals surface area contributed by atoms with Crippen molar-refractivity contribution in [1.29, 1.82) is 0 Å². The Morgan fingerprint density at radius 1 is 0.963 bits per heavy atom. The number of sulfonamides is 1. The van der Waals surface area contributed by atoms with Crippen LogP contribution in [0.2, 0.25) is 0 Å². The first-order chi connectivity index (χ1) is 12.9. The monoisotopic (exact) mass is 389 g/mol. The van der Waals surface area contributed by atoms with E-state index in [0.717, 1.165) is 5.69 Å². The van der Waals surface area contributed by atoms with Crippen LogP contribution in [-0.2, 0) is 10.0 Å². The van der Waals surface area contributed by atoms with Gasteiger partial charge in [-0.15, -0.1) is 0 Å². The number of carbonyl (C=O) groups is 1. The van der Waals surface area contributed by atoms with Gasteiger partial charge >= 0.3 is 0 Å². The van der Waals surface area contributed by atoms with Crippen molar-refractivity contribution in [3.05, 3.63) is 54.1 Å². The molecule has 0 unspecified atom stereocenters. The smallest absolute Gasteiger partial charge is 0.255 e. The Bertz CT molecular complexity index is 888. The number of piperazine rings is 1. The molecule has 1 saturated heterocycles. The molecule has 0 radical (unpaired) electrons. The topological polar surface area (TPSA) is 79.0 Å². The van der Waals surface area contributed by atoms with Gasteiger partial charge in [0, 0.05) is 43.1 Å². The highest BCUT2D eigenvalue weighted by Gasteiger charge is 2.23. The molecule has 27 heavy (non-hydrogen) atoms. The summed E-state index contributed by atoms with van der Waals surface area (Å²) in [7, 11) is -1.55. The van der Waals surface area contributed by atoms with Gasteiger partial charge in [0.05, 0.1) is 13.4 Å². The maximum atomic E-state index is 12.3. The van der Waals surface area contributed by atoms with Crippen molar-refractivity contribution in [1.82, 2.24) is 4.31 Å². The summed E-state index contributed by atoms with van der Waals surface area (Å²) in [6.45, 7) is 2.25. The largest absolute Gasteiger partial charge is 0.497 e. The van der Waals surface area contributed by atoms with Crippen molar-refractivity contribution in [2.24, 2.45) is 0 Å². The van der Waals surface area contributed by atoms with Crippen LogP contribution in [0.15, 0.2) is 48.5 Å². The van der Waals surface area contributed by atoms with Gasteiger partial charge < -0.3 is 15.0 Å². The third kappa shape index (κ3) is 4.78. The molecule has 1 amide bonds. The minimum atomic E-state index is -3.13. The van der Waals surface area contributed by atoms with Gasteiger partial charge in [0.15, 0.2) is 0 Å². The van der Waals surface area contributed by atoms with E-state index in [0.29, 0.717) is 43.2 Å². The van der Waals surface area contributed by atoms with Gasteiger partial charge in [-0.25, -0.2) is 8.42 Å². The molecule has 0 atom stereocenters. The molecule has 8 heteroatoms. The van der Waals surface area contributed by atoms with E-state index in [-0.39, 0.29) is 5.91 Å². The predicted octanol–water partition coefficient (Wildman–Crippen LogP) is 2.03. The highest BCUT2D eigenvalue weighted by molar-refractivity contribution is 7.88. The summed E-state index contributed by atoms with van der Waals surface area (Å²) in [6, 6.07) is 14.5. The Balaban J connectivity index is 1.59. The summed E-state index contributed by atoms with van der Waals surface area (Å²) in [5.74, 6) is 0.513. The highest BCUT2D eigenvalue weighted by atomic mass is 32.2. The summed E-state index contributed by atoms with van der Waals surface area (Å²) in [4.78, 5) is 14.4. The Morgan fingerprint density at radius 3 is 2.07 bits per heavy atom. The van der Waals surface area contributed by atoms with Gasteiger partial charge in [0.2, 0.25) is 10.0 Å². The van der Waals surface area contributed by atoms with Gasteiger partial charge in [0.1, 0.15) is 5.75 Å². The van der Waals surface area contributed by atoms with Crippen LogP contribution in [0.4, 0.5) is 11.4 Å². The van der Waals surface area contributed by atoms with Crippen molar-refractivity contribution in [2.45, 2.75) is 0 Å². The molecule has 144 valence electrons. The summed E-state index contributed by atoms with van der Waals surface area (Å²) < 4.78 is 29.8. The quantitative estimate of drug-likeness (QED) is 0.847. The fraction of sp³-hybridized carbons (Fsp3) is 0.316. The number of methoxy groups -OCH3 is 1. The van der Waals surface area contributed by atoms with E-state index in [1.807, 2.05) is 24.3 Å². The third-order valence-corrected chi connectivity index (χ3v) is 5.85. The number of hydrogen-bond donors (Lipinski definition) is 1. The maximum Gasteiger partial charge on any atom is 0.255 e. The number of nitrogens with one attached hydrogen (secondary N) is 1. The molecule has 0 spiro atoms. The molecule has 1 heterocycles. The molecule has 1 N–H and O–H groups in total. The minimum Gasteiger partial charge on any atom is -0.497 e. The van der Waals surface area contributed by atoms with Crippen LogP contribution in [0.25, 0.3) is 0 Å². The van der Waals surface area contributed by atoms with Crippen LogP contribution < -0.4 is 15.0 Å². The van der Waals surface area contributed by atoms with Crippen molar-refractivity contribution in [3.8, 4) is 5.75 Å². The zero-order valence-electron chi connectivity index (χ0n) is 15.4. The molecule has 0 saturated carbocycles. The van der Waals surface area contributed by atoms with E-state index in [1.54, 1.807) is 31.4 Å². The molecule has 0 aromatic heterocycles. The fourth-order valence-electron chi connectivity index (χ4n) is 2.98. The number of nitrogens with zero attached hydrogens (tertiary/aromatic N) is 2. The molecule has 3 rings (SSSR count). The lowest BCUT2D eigenvalue weighted by Gasteiger charge is -2.34. The van der Waals surface area contributed by atoms with E-state index in [2.05, 4.69) is 10.2 Å². The van der Waals surface area contributed by atoms with E-state index in [9.17, 15) is 13.2 Å². The molecule has 1 aliphatic rings. The van der Waals surface area contributed by atoms with Gasteiger partial charge in [-0.2, -0.15) is 4.31 Å². The molecule has 1 aliphatic heterocycles. The Kier molecular flexibility index (Phi) is 5.67. The molecule has 0 bridgehead atoms. The minimum absolute atomic E-state index is 0.188. The molecule has 7 nitrogen and oxygen atoms in total. The van der Waals surface area contributed by atoms with E-state index in [4.69, 9.17) is 4.74 Å². The van der Waals surface area contributed by atoms with Crippen LogP contribution in [0.5, 0.6) is 5.75 Å². The molecular weight excluding hydrogens is 366 g/mol. The van der Waals surface area contributed by atoms with Gasteiger partial charge in [0.25, 0.3) is 5.91 Å². The zero-order valence-corrected chi connectivity index (χ0v) is 16.2. The highest BCUT2D eigenvalue weighted by Crippen LogP contribution is 2.21. The van der Waals surface area contributed by atoms with Crippen molar-refractivity contribution >= 4 is 27.3 Å². The predicted molar refractivity (Wildman–Crippen MR) is 106 cm³/mol. The van der Waals surface area contributed by atoms with Crippen LogP contribution >= 0.6 is 0 Å². The first-order valence-electron chi connectivity index (χ1n) is 8.62. The lowest BCUT2D eigenvalue weighted by Crippen LogP contribution is -2.48. The molecule has 2 aromatic rings. The van der Waals surface area contributed by atoms with Crippen molar-refractivity contribution in [2.75, 3.05) is 49.8 Å².